The number of nitrogens with one attached hydrogen (secondary N) is 1. The fourth-order valence-corrected chi connectivity index (χ4v) is 2.15. The van der Waals surface area contributed by atoms with E-state index >= 15 is 0 Å². The standard InChI is InChI=1S/C11H22N6OS/c1-9(2)7-12-5-6-17-11(13-14-15-17)19-8-10(18)16(3)4/h9,12H,5-8H2,1-4H3. The Balaban J connectivity index is 2.36. The van der Waals surface area contributed by atoms with Gasteiger partial charge in [-0.1, -0.05) is 25.6 Å². The quantitative estimate of drug-likeness (QED) is 0.539. The zero-order valence-corrected chi connectivity index (χ0v) is 12.8. The van der Waals surface area contributed by atoms with Gasteiger partial charge in [-0.15, -0.1) is 5.10 Å². The Labute approximate surface area is 118 Å². The first-order valence-electron chi connectivity index (χ1n) is 6.30. The first-order valence-corrected chi connectivity index (χ1v) is 7.29. The molecule has 0 unspecified atom stereocenters. The minimum Gasteiger partial charge on any atom is -0.348 e. The van der Waals surface area contributed by atoms with E-state index in [0.717, 1.165) is 13.1 Å². The molecule has 0 radical (unpaired) electrons. The highest BCUT2D eigenvalue weighted by Gasteiger charge is 2.10. The lowest BCUT2D eigenvalue weighted by Crippen LogP contribution is -2.25. The van der Waals surface area contributed by atoms with Gasteiger partial charge in [0.05, 0.1) is 12.3 Å². The van der Waals surface area contributed by atoms with Crippen molar-refractivity contribution >= 4 is 17.7 Å². The molecule has 0 spiro atoms. The number of carbonyl (C=O) groups excluding carboxylic acids is 1. The molecule has 1 aromatic rings. The summed E-state index contributed by atoms with van der Waals surface area (Å²) >= 11 is 1.36. The smallest absolute Gasteiger partial charge is 0.232 e. The van der Waals surface area contributed by atoms with Crippen molar-refractivity contribution in [3.63, 3.8) is 0 Å². The van der Waals surface area contributed by atoms with E-state index in [1.165, 1.54) is 11.8 Å². The van der Waals surface area contributed by atoms with E-state index in [-0.39, 0.29) is 5.91 Å². The van der Waals surface area contributed by atoms with Gasteiger partial charge in [0.25, 0.3) is 0 Å². The highest BCUT2D eigenvalue weighted by molar-refractivity contribution is 7.99. The number of tetrazole rings is 1. The minimum absolute atomic E-state index is 0.0532. The number of thioether (sulfide) groups is 1. The van der Waals surface area contributed by atoms with Gasteiger partial charge in [0.1, 0.15) is 0 Å². The van der Waals surface area contributed by atoms with Crippen molar-refractivity contribution in [2.24, 2.45) is 5.92 Å². The summed E-state index contributed by atoms with van der Waals surface area (Å²) in [5, 5.41) is 15.5. The molecule has 1 heterocycles. The molecule has 108 valence electrons. The monoisotopic (exact) mass is 286 g/mol. The maximum Gasteiger partial charge on any atom is 0.232 e. The molecular formula is C11H22N6OS. The Kier molecular flexibility index (Phi) is 6.79. The number of carbonyl (C=O) groups is 1. The Morgan fingerprint density at radius 3 is 2.84 bits per heavy atom. The molecule has 19 heavy (non-hydrogen) atoms. The van der Waals surface area contributed by atoms with Crippen molar-refractivity contribution in [1.82, 2.24) is 30.4 Å². The Hall–Kier alpha value is -1.15. The molecule has 1 rings (SSSR count). The van der Waals surface area contributed by atoms with E-state index in [4.69, 9.17) is 0 Å². The van der Waals surface area contributed by atoms with E-state index in [9.17, 15) is 4.79 Å². The number of hydrogen-bond donors (Lipinski definition) is 1. The number of hydrogen-bond acceptors (Lipinski definition) is 6. The fourth-order valence-electron chi connectivity index (χ4n) is 1.27. The van der Waals surface area contributed by atoms with Gasteiger partial charge in [0, 0.05) is 20.6 Å². The summed E-state index contributed by atoms with van der Waals surface area (Å²) in [7, 11) is 3.48. The van der Waals surface area contributed by atoms with E-state index in [2.05, 4.69) is 34.7 Å². The van der Waals surface area contributed by atoms with Gasteiger partial charge < -0.3 is 10.2 Å². The van der Waals surface area contributed by atoms with Crippen molar-refractivity contribution in [2.45, 2.75) is 25.5 Å². The van der Waals surface area contributed by atoms with Crippen LogP contribution in [-0.2, 0) is 11.3 Å². The maximum atomic E-state index is 11.5. The van der Waals surface area contributed by atoms with Gasteiger partial charge in [0.2, 0.25) is 11.1 Å². The van der Waals surface area contributed by atoms with Gasteiger partial charge in [-0.2, -0.15) is 0 Å². The van der Waals surface area contributed by atoms with Gasteiger partial charge >= 0.3 is 0 Å². The Morgan fingerprint density at radius 2 is 2.21 bits per heavy atom. The first-order chi connectivity index (χ1) is 9.00. The molecule has 0 aliphatic heterocycles. The summed E-state index contributed by atoms with van der Waals surface area (Å²) < 4.78 is 1.72. The molecule has 7 nitrogen and oxygen atoms in total. The SMILES string of the molecule is CC(C)CNCCn1nnnc1SCC(=O)N(C)C. The summed E-state index contributed by atoms with van der Waals surface area (Å²) in [5.41, 5.74) is 0. The van der Waals surface area contributed by atoms with Gasteiger partial charge in [-0.25, -0.2) is 4.68 Å². The lowest BCUT2D eigenvalue weighted by molar-refractivity contribution is -0.125. The van der Waals surface area contributed by atoms with Crippen LogP contribution in [0.5, 0.6) is 0 Å². The van der Waals surface area contributed by atoms with E-state index in [1.807, 2.05) is 0 Å². The molecule has 0 aliphatic rings. The molecule has 8 heteroatoms. The average Bonchev–Trinajstić information content (AvgIpc) is 2.78. The van der Waals surface area contributed by atoms with Gasteiger partial charge in [-0.3, -0.25) is 4.79 Å². The molecule has 0 fully saturated rings. The Bertz CT molecular complexity index is 392. The van der Waals surface area contributed by atoms with Crippen LogP contribution in [0.4, 0.5) is 0 Å². The predicted molar refractivity (Wildman–Crippen MR) is 74.9 cm³/mol. The molecule has 1 aromatic heterocycles. The van der Waals surface area contributed by atoms with Crippen LogP contribution in [0.2, 0.25) is 0 Å². The summed E-state index contributed by atoms with van der Waals surface area (Å²) in [6.45, 7) is 6.83. The molecule has 0 bridgehead atoms. The molecule has 0 aromatic carbocycles. The molecule has 1 amide bonds. The first kappa shape index (κ1) is 15.9. The van der Waals surface area contributed by atoms with E-state index < -0.39 is 0 Å². The summed E-state index contributed by atoms with van der Waals surface area (Å²) in [6, 6.07) is 0. The second-order valence-electron chi connectivity index (χ2n) is 4.86. The van der Waals surface area contributed by atoms with Crippen molar-refractivity contribution < 1.29 is 4.79 Å². The Morgan fingerprint density at radius 1 is 1.47 bits per heavy atom. The van der Waals surface area contributed by atoms with Gasteiger partial charge in [-0.05, 0) is 22.9 Å². The highest BCUT2D eigenvalue weighted by Crippen LogP contribution is 2.13. The number of aromatic nitrogens is 4. The van der Waals surface area contributed by atoms with Crippen LogP contribution in [0.25, 0.3) is 0 Å². The largest absolute Gasteiger partial charge is 0.348 e. The predicted octanol–water partition coefficient (Wildman–Crippen LogP) is 0.0990. The van der Waals surface area contributed by atoms with E-state index in [1.54, 1.807) is 23.7 Å². The van der Waals surface area contributed by atoms with Crippen LogP contribution < -0.4 is 5.32 Å². The third kappa shape index (κ3) is 6.02. The lowest BCUT2D eigenvalue weighted by atomic mass is 10.2. The van der Waals surface area contributed by atoms with Crippen LogP contribution in [0.15, 0.2) is 5.16 Å². The van der Waals surface area contributed by atoms with Crippen LogP contribution in [0, 0.1) is 5.92 Å². The van der Waals surface area contributed by atoms with Crippen molar-refractivity contribution in [3.05, 3.63) is 0 Å². The fraction of sp³-hybridized carbons (Fsp3) is 0.818. The topological polar surface area (TPSA) is 75.9 Å². The number of nitrogens with zero attached hydrogens (tertiary/aromatic N) is 5. The molecule has 0 saturated heterocycles. The second kappa shape index (κ2) is 8.11. The van der Waals surface area contributed by atoms with Crippen molar-refractivity contribution in [1.29, 1.82) is 0 Å². The van der Waals surface area contributed by atoms with E-state index in [0.29, 0.717) is 23.4 Å². The van der Waals surface area contributed by atoms with Crippen LogP contribution in [0.1, 0.15) is 13.8 Å². The van der Waals surface area contributed by atoms with Gasteiger partial charge in [0.15, 0.2) is 0 Å². The van der Waals surface area contributed by atoms with Crippen LogP contribution >= 0.6 is 11.8 Å². The summed E-state index contributed by atoms with van der Waals surface area (Å²) in [5.74, 6) is 1.03. The molecule has 0 atom stereocenters. The maximum absolute atomic E-state index is 11.5. The molecular weight excluding hydrogens is 264 g/mol. The summed E-state index contributed by atoms with van der Waals surface area (Å²) in [6.07, 6.45) is 0. The number of rotatable bonds is 8. The molecule has 1 N–H and O–H groups in total. The van der Waals surface area contributed by atoms with Crippen LogP contribution in [0.3, 0.4) is 0 Å². The zero-order valence-electron chi connectivity index (χ0n) is 12.0. The normalized spacial score (nSPS) is 11.0. The van der Waals surface area contributed by atoms with Crippen molar-refractivity contribution in [2.75, 3.05) is 32.9 Å². The molecule has 0 saturated carbocycles. The zero-order chi connectivity index (χ0) is 14.3. The van der Waals surface area contributed by atoms with Crippen LogP contribution in [-0.4, -0.2) is 64.0 Å². The summed E-state index contributed by atoms with van der Waals surface area (Å²) in [4.78, 5) is 13.1. The molecule has 0 aliphatic carbocycles. The lowest BCUT2D eigenvalue weighted by Gasteiger charge is -2.10. The highest BCUT2D eigenvalue weighted by atomic mass is 32.2. The van der Waals surface area contributed by atoms with Crippen molar-refractivity contribution in [3.8, 4) is 0 Å². The average molecular weight is 286 g/mol. The minimum atomic E-state index is 0.0532. The third-order valence-electron chi connectivity index (χ3n) is 2.38. The number of amides is 1. The second-order valence-corrected chi connectivity index (χ2v) is 5.80. The third-order valence-corrected chi connectivity index (χ3v) is 3.32.